The summed E-state index contributed by atoms with van der Waals surface area (Å²) in [6.45, 7) is 0.244. The van der Waals surface area contributed by atoms with Gasteiger partial charge in [0.15, 0.2) is 0 Å². The molecule has 0 fully saturated rings. The molecular formula is C20H20FN3O2S. The first-order valence-electron chi connectivity index (χ1n) is 9.17. The van der Waals surface area contributed by atoms with Gasteiger partial charge in [-0.3, -0.25) is 14.2 Å². The molecule has 2 heterocycles. The van der Waals surface area contributed by atoms with Crippen LogP contribution in [0.4, 0.5) is 10.1 Å². The molecule has 1 amide bonds. The Bertz CT molecular complexity index is 1060. The van der Waals surface area contributed by atoms with Gasteiger partial charge in [-0.15, -0.1) is 11.3 Å². The number of nitrogens with zero attached hydrogens (tertiary/aromatic N) is 2. The Morgan fingerprint density at radius 1 is 1.26 bits per heavy atom. The van der Waals surface area contributed by atoms with Crippen molar-refractivity contribution in [1.29, 1.82) is 0 Å². The number of carbonyl (C=O) groups excluding carboxylic acids is 1. The molecular weight excluding hydrogens is 365 g/mol. The summed E-state index contributed by atoms with van der Waals surface area (Å²) in [6, 6.07) is 5.75. The maximum absolute atomic E-state index is 13.2. The molecule has 3 aromatic rings. The maximum Gasteiger partial charge on any atom is 0.262 e. The van der Waals surface area contributed by atoms with Crippen molar-refractivity contribution in [2.24, 2.45) is 0 Å². The van der Waals surface area contributed by atoms with E-state index in [2.05, 4.69) is 10.3 Å². The largest absolute Gasteiger partial charge is 0.326 e. The third kappa shape index (κ3) is 3.78. The molecule has 0 bridgehead atoms. The zero-order chi connectivity index (χ0) is 18.8. The summed E-state index contributed by atoms with van der Waals surface area (Å²) in [6.07, 6.45) is 7.04. The van der Waals surface area contributed by atoms with Crippen LogP contribution in [0.2, 0.25) is 0 Å². The van der Waals surface area contributed by atoms with Gasteiger partial charge in [-0.25, -0.2) is 9.37 Å². The van der Waals surface area contributed by atoms with Gasteiger partial charge in [-0.05, 0) is 49.4 Å². The van der Waals surface area contributed by atoms with Crippen LogP contribution in [0.25, 0.3) is 10.2 Å². The van der Waals surface area contributed by atoms with E-state index >= 15 is 0 Å². The Morgan fingerprint density at radius 3 is 2.96 bits per heavy atom. The SMILES string of the molecule is O=C(CCn1cnc2sc3c(c2c1=O)CCCCC3)Nc1cccc(F)c1. The zero-order valence-electron chi connectivity index (χ0n) is 14.8. The van der Waals surface area contributed by atoms with Crippen molar-refractivity contribution in [2.45, 2.75) is 45.1 Å². The summed E-state index contributed by atoms with van der Waals surface area (Å²) < 4.78 is 14.7. The number of rotatable bonds is 4. The lowest BCUT2D eigenvalue weighted by Gasteiger charge is -2.07. The number of nitrogens with one attached hydrogen (secondary N) is 1. The second-order valence-electron chi connectivity index (χ2n) is 6.80. The van der Waals surface area contributed by atoms with Crippen LogP contribution in [-0.4, -0.2) is 15.5 Å². The molecule has 1 aliphatic rings. The van der Waals surface area contributed by atoms with Gasteiger partial charge in [-0.2, -0.15) is 0 Å². The quantitative estimate of drug-likeness (QED) is 0.693. The predicted molar refractivity (Wildman–Crippen MR) is 105 cm³/mol. The van der Waals surface area contributed by atoms with Gasteiger partial charge in [-0.1, -0.05) is 12.5 Å². The summed E-state index contributed by atoms with van der Waals surface area (Å²) in [7, 11) is 0. The van der Waals surface area contributed by atoms with Crippen LogP contribution in [0, 0.1) is 5.82 Å². The highest BCUT2D eigenvalue weighted by molar-refractivity contribution is 7.18. The molecule has 1 aromatic carbocycles. The van der Waals surface area contributed by atoms with E-state index in [0.717, 1.165) is 41.5 Å². The number of amides is 1. The second-order valence-corrected chi connectivity index (χ2v) is 7.88. The second kappa shape index (κ2) is 7.60. The van der Waals surface area contributed by atoms with E-state index in [4.69, 9.17) is 0 Å². The van der Waals surface area contributed by atoms with Gasteiger partial charge in [0.2, 0.25) is 5.91 Å². The third-order valence-electron chi connectivity index (χ3n) is 4.88. The van der Waals surface area contributed by atoms with E-state index in [1.54, 1.807) is 17.4 Å². The first kappa shape index (κ1) is 17.9. The zero-order valence-corrected chi connectivity index (χ0v) is 15.7. The Kier molecular flexibility index (Phi) is 5.03. The molecule has 0 aliphatic heterocycles. The number of fused-ring (bicyclic) bond motifs is 3. The summed E-state index contributed by atoms with van der Waals surface area (Å²) in [5.74, 6) is -0.673. The van der Waals surface area contributed by atoms with Gasteiger partial charge in [0.1, 0.15) is 10.6 Å². The summed E-state index contributed by atoms with van der Waals surface area (Å²) in [5.41, 5.74) is 1.49. The Labute approximate surface area is 159 Å². The summed E-state index contributed by atoms with van der Waals surface area (Å²) in [5, 5.41) is 3.38. The fourth-order valence-electron chi connectivity index (χ4n) is 3.53. The van der Waals surface area contributed by atoms with Crippen molar-refractivity contribution in [2.75, 3.05) is 5.32 Å². The smallest absolute Gasteiger partial charge is 0.262 e. The van der Waals surface area contributed by atoms with E-state index in [1.165, 1.54) is 40.4 Å². The van der Waals surface area contributed by atoms with Gasteiger partial charge >= 0.3 is 0 Å². The summed E-state index contributed by atoms with van der Waals surface area (Å²) in [4.78, 5) is 31.6. The molecule has 0 saturated heterocycles. The van der Waals surface area contributed by atoms with Crippen molar-refractivity contribution in [1.82, 2.24) is 9.55 Å². The molecule has 140 valence electrons. The lowest BCUT2D eigenvalue weighted by atomic mass is 10.1. The standard InChI is InChI=1S/C20H20FN3O2S/c21-13-5-4-6-14(11-13)23-17(25)9-10-24-12-22-19-18(20(24)26)15-7-2-1-3-8-16(15)27-19/h4-6,11-12H,1-3,7-10H2,(H,23,25). The molecule has 0 spiro atoms. The van der Waals surface area contributed by atoms with Crippen LogP contribution in [0.5, 0.6) is 0 Å². The molecule has 2 aromatic heterocycles. The van der Waals surface area contributed by atoms with Crippen LogP contribution in [-0.2, 0) is 24.2 Å². The van der Waals surface area contributed by atoms with Crippen LogP contribution in [0.3, 0.4) is 0 Å². The Hall–Kier alpha value is -2.54. The van der Waals surface area contributed by atoms with Gasteiger partial charge in [0.25, 0.3) is 5.56 Å². The van der Waals surface area contributed by atoms with Gasteiger partial charge in [0, 0.05) is 23.5 Å². The van der Waals surface area contributed by atoms with Crippen LogP contribution in [0.15, 0.2) is 35.4 Å². The minimum Gasteiger partial charge on any atom is -0.326 e. The number of hydrogen-bond acceptors (Lipinski definition) is 4. The third-order valence-corrected chi connectivity index (χ3v) is 6.08. The minimum absolute atomic E-state index is 0.0713. The van der Waals surface area contributed by atoms with E-state index in [-0.39, 0.29) is 24.4 Å². The lowest BCUT2D eigenvalue weighted by Crippen LogP contribution is -2.23. The first-order chi connectivity index (χ1) is 13.1. The van der Waals surface area contributed by atoms with E-state index < -0.39 is 5.82 Å². The van der Waals surface area contributed by atoms with Crippen molar-refractivity contribution in [3.63, 3.8) is 0 Å². The number of benzene rings is 1. The monoisotopic (exact) mass is 385 g/mol. The molecule has 0 radical (unpaired) electrons. The van der Waals surface area contributed by atoms with Crippen LogP contribution < -0.4 is 10.9 Å². The molecule has 0 saturated carbocycles. The molecule has 5 nitrogen and oxygen atoms in total. The van der Waals surface area contributed by atoms with Crippen LogP contribution in [0.1, 0.15) is 36.1 Å². The number of aromatic nitrogens is 2. The number of hydrogen-bond donors (Lipinski definition) is 1. The van der Waals surface area contributed by atoms with E-state index in [9.17, 15) is 14.0 Å². The number of thiophene rings is 1. The van der Waals surface area contributed by atoms with E-state index in [1.807, 2.05) is 0 Å². The highest BCUT2D eigenvalue weighted by Gasteiger charge is 2.19. The highest BCUT2D eigenvalue weighted by Crippen LogP contribution is 2.32. The maximum atomic E-state index is 13.2. The van der Waals surface area contributed by atoms with Crippen molar-refractivity contribution in [3.05, 3.63) is 57.2 Å². The molecule has 0 atom stereocenters. The van der Waals surface area contributed by atoms with Crippen molar-refractivity contribution >= 4 is 33.1 Å². The van der Waals surface area contributed by atoms with Gasteiger partial charge in [0.05, 0.1) is 11.7 Å². The Morgan fingerprint density at radius 2 is 2.11 bits per heavy atom. The summed E-state index contributed by atoms with van der Waals surface area (Å²) >= 11 is 1.62. The predicted octanol–water partition coefficient (Wildman–Crippen LogP) is 3.89. The first-order valence-corrected chi connectivity index (χ1v) is 9.98. The molecule has 1 aliphatic carbocycles. The minimum atomic E-state index is -0.406. The lowest BCUT2D eigenvalue weighted by molar-refractivity contribution is -0.116. The Balaban J connectivity index is 1.52. The fraction of sp³-hybridized carbons (Fsp3) is 0.350. The topological polar surface area (TPSA) is 64.0 Å². The number of halogens is 1. The molecule has 4 rings (SSSR count). The van der Waals surface area contributed by atoms with Gasteiger partial charge < -0.3 is 5.32 Å². The van der Waals surface area contributed by atoms with Crippen molar-refractivity contribution < 1.29 is 9.18 Å². The number of carbonyl (C=O) groups is 1. The highest BCUT2D eigenvalue weighted by atomic mass is 32.1. The normalized spacial score (nSPS) is 14.0. The van der Waals surface area contributed by atoms with Crippen LogP contribution >= 0.6 is 11.3 Å². The molecule has 7 heteroatoms. The number of anilines is 1. The molecule has 27 heavy (non-hydrogen) atoms. The number of aryl methyl sites for hydroxylation is 3. The fourth-order valence-corrected chi connectivity index (χ4v) is 4.75. The van der Waals surface area contributed by atoms with Crippen molar-refractivity contribution in [3.8, 4) is 0 Å². The average molecular weight is 385 g/mol. The average Bonchev–Trinajstić information content (AvgIpc) is 2.84. The molecule has 0 unspecified atom stereocenters. The molecule has 1 N–H and O–H groups in total. The van der Waals surface area contributed by atoms with E-state index in [0.29, 0.717) is 5.69 Å².